The Morgan fingerprint density at radius 1 is 1.31 bits per heavy atom. The molecule has 3 atom stereocenters. The summed E-state index contributed by atoms with van der Waals surface area (Å²) in [6.45, 7) is 3.97. The second kappa shape index (κ2) is 10.8. The van der Waals surface area contributed by atoms with Gasteiger partial charge in [0.05, 0.1) is 17.7 Å². The summed E-state index contributed by atoms with van der Waals surface area (Å²) >= 11 is 6.07. The van der Waals surface area contributed by atoms with Crippen LogP contribution in [0.1, 0.15) is 39.0 Å². The van der Waals surface area contributed by atoms with Crippen LogP contribution in [0.4, 0.5) is 0 Å². The fraction of sp³-hybridized carbons (Fsp3) is 0.650. The summed E-state index contributed by atoms with van der Waals surface area (Å²) in [6.07, 6.45) is 4.12. The second-order valence-electron chi connectivity index (χ2n) is 6.98. The summed E-state index contributed by atoms with van der Waals surface area (Å²) in [6, 6.07) is 7.45. The van der Waals surface area contributed by atoms with E-state index in [0.29, 0.717) is 30.5 Å². The van der Waals surface area contributed by atoms with Crippen LogP contribution in [0.5, 0.6) is 5.75 Å². The second-order valence-corrected chi connectivity index (χ2v) is 7.38. The number of hydrogen-bond acceptors (Lipinski definition) is 4. The molecule has 1 saturated carbocycles. The van der Waals surface area contributed by atoms with Crippen LogP contribution in [0.2, 0.25) is 5.02 Å². The van der Waals surface area contributed by atoms with Crippen LogP contribution in [0, 0.1) is 5.92 Å². The zero-order valence-electron chi connectivity index (χ0n) is 15.8. The van der Waals surface area contributed by atoms with Gasteiger partial charge < -0.3 is 20.1 Å². The first kappa shape index (κ1) is 21.0. The number of nitrogens with two attached hydrogens (primary N) is 1. The number of hydrogen-bond donors (Lipinski definition) is 1. The molecule has 1 aliphatic carbocycles. The van der Waals surface area contributed by atoms with Crippen molar-refractivity contribution in [3.05, 3.63) is 29.3 Å². The van der Waals surface area contributed by atoms with Gasteiger partial charge in [-0.15, -0.1) is 0 Å². The lowest BCUT2D eigenvalue weighted by molar-refractivity contribution is -0.137. The summed E-state index contributed by atoms with van der Waals surface area (Å²) < 4.78 is 11.5. The van der Waals surface area contributed by atoms with Crippen molar-refractivity contribution in [2.24, 2.45) is 11.7 Å². The van der Waals surface area contributed by atoms with E-state index in [9.17, 15) is 4.79 Å². The van der Waals surface area contributed by atoms with E-state index in [1.165, 1.54) is 0 Å². The fourth-order valence-electron chi connectivity index (χ4n) is 3.31. The number of halogens is 1. The Labute approximate surface area is 161 Å². The average Bonchev–Trinajstić information content (AvgIpc) is 2.65. The van der Waals surface area contributed by atoms with Crippen molar-refractivity contribution in [2.75, 3.05) is 26.8 Å². The minimum Gasteiger partial charge on any atom is -0.492 e. The minimum absolute atomic E-state index is 0.00499. The fourth-order valence-corrected chi connectivity index (χ4v) is 3.50. The maximum atomic E-state index is 12.7. The van der Waals surface area contributed by atoms with Gasteiger partial charge in [0.25, 0.3) is 0 Å². The van der Waals surface area contributed by atoms with Gasteiger partial charge in [0.15, 0.2) is 0 Å². The maximum Gasteiger partial charge on any atom is 0.225 e. The SMILES string of the molecule is CCCO[C@H]1C[C@@H](C(=O)N(C)CCCOc2ccccc2Cl)CC[C@@H]1N. The van der Waals surface area contributed by atoms with E-state index in [0.717, 1.165) is 32.1 Å². The highest BCUT2D eigenvalue weighted by Gasteiger charge is 2.33. The molecule has 1 aromatic carbocycles. The Balaban J connectivity index is 1.73. The topological polar surface area (TPSA) is 64.8 Å². The van der Waals surface area contributed by atoms with Crippen LogP contribution in [-0.4, -0.2) is 49.8 Å². The van der Waals surface area contributed by atoms with Crippen molar-refractivity contribution in [1.29, 1.82) is 0 Å². The van der Waals surface area contributed by atoms with Crippen LogP contribution < -0.4 is 10.5 Å². The molecule has 0 bridgehead atoms. The molecule has 1 fully saturated rings. The lowest BCUT2D eigenvalue weighted by Gasteiger charge is -2.35. The molecule has 0 aromatic heterocycles. The molecule has 1 amide bonds. The van der Waals surface area contributed by atoms with Crippen LogP contribution in [0.15, 0.2) is 24.3 Å². The summed E-state index contributed by atoms with van der Waals surface area (Å²) in [5.41, 5.74) is 6.15. The Hall–Kier alpha value is -1.30. The summed E-state index contributed by atoms with van der Waals surface area (Å²) in [5.74, 6) is 0.867. The molecule has 0 unspecified atom stereocenters. The molecular formula is C20H31ClN2O3. The maximum absolute atomic E-state index is 12.7. The lowest BCUT2D eigenvalue weighted by Crippen LogP contribution is -2.46. The van der Waals surface area contributed by atoms with E-state index in [-0.39, 0.29) is 24.0 Å². The normalized spacial score (nSPS) is 22.8. The Morgan fingerprint density at radius 2 is 2.08 bits per heavy atom. The number of amides is 1. The largest absolute Gasteiger partial charge is 0.492 e. The molecule has 2 N–H and O–H groups in total. The highest BCUT2D eigenvalue weighted by molar-refractivity contribution is 6.32. The van der Waals surface area contributed by atoms with E-state index < -0.39 is 0 Å². The van der Waals surface area contributed by atoms with Gasteiger partial charge in [-0.3, -0.25) is 4.79 Å². The van der Waals surface area contributed by atoms with Crippen molar-refractivity contribution in [3.8, 4) is 5.75 Å². The molecule has 0 aliphatic heterocycles. The lowest BCUT2D eigenvalue weighted by atomic mass is 9.83. The Kier molecular flexibility index (Phi) is 8.69. The van der Waals surface area contributed by atoms with Gasteiger partial charge >= 0.3 is 0 Å². The van der Waals surface area contributed by atoms with Crippen molar-refractivity contribution in [2.45, 2.75) is 51.2 Å². The Bertz CT molecular complexity index is 570. The number of rotatable bonds is 9. The predicted molar refractivity (Wildman–Crippen MR) is 105 cm³/mol. The molecule has 26 heavy (non-hydrogen) atoms. The molecule has 6 heteroatoms. The van der Waals surface area contributed by atoms with Crippen molar-refractivity contribution >= 4 is 17.5 Å². The monoisotopic (exact) mass is 382 g/mol. The number of para-hydroxylation sites is 1. The highest BCUT2D eigenvalue weighted by Crippen LogP contribution is 2.27. The first-order chi connectivity index (χ1) is 12.5. The molecule has 0 spiro atoms. The predicted octanol–water partition coefficient (Wildman–Crippen LogP) is 3.49. The van der Waals surface area contributed by atoms with E-state index in [1.54, 1.807) is 11.0 Å². The van der Waals surface area contributed by atoms with Gasteiger partial charge in [-0.05, 0) is 44.2 Å². The average molecular weight is 383 g/mol. The van der Waals surface area contributed by atoms with Crippen LogP contribution in [0.3, 0.4) is 0 Å². The molecule has 0 saturated heterocycles. The molecule has 146 valence electrons. The first-order valence-corrected chi connectivity index (χ1v) is 9.90. The van der Waals surface area contributed by atoms with Gasteiger partial charge in [-0.2, -0.15) is 0 Å². The standard InChI is InChI=1S/C20H31ClN2O3/c1-3-12-25-19-14-15(9-10-17(19)22)20(24)23(2)11-6-13-26-18-8-5-4-7-16(18)21/h4-5,7-8,15,17,19H,3,6,9-14,22H2,1-2H3/t15-,17-,19-/m0/s1. The van der Waals surface area contributed by atoms with Gasteiger partial charge in [0.1, 0.15) is 5.75 Å². The third kappa shape index (κ3) is 6.15. The van der Waals surface area contributed by atoms with Crippen LogP contribution in [0.25, 0.3) is 0 Å². The smallest absolute Gasteiger partial charge is 0.225 e. The van der Waals surface area contributed by atoms with Crippen molar-refractivity contribution in [1.82, 2.24) is 4.90 Å². The van der Waals surface area contributed by atoms with E-state index in [1.807, 2.05) is 25.2 Å². The number of ether oxygens (including phenoxy) is 2. The molecule has 0 radical (unpaired) electrons. The van der Waals surface area contributed by atoms with Gasteiger partial charge in [-0.25, -0.2) is 0 Å². The number of nitrogens with zero attached hydrogens (tertiary/aromatic N) is 1. The quantitative estimate of drug-likeness (QED) is 0.664. The number of carbonyl (C=O) groups is 1. The van der Waals surface area contributed by atoms with Gasteiger partial charge in [0.2, 0.25) is 5.91 Å². The molecule has 0 heterocycles. The third-order valence-electron chi connectivity index (χ3n) is 4.84. The molecule has 5 nitrogen and oxygen atoms in total. The zero-order chi connectivity index (χ0) is 18.9. The van der Waals surface area contributed by atoms with E-state index in [4.69, 9.17) is 26.8 Å². The Morgan fingerprint density at radius 3 is 2.81 bits per heavy atom. The highest BCUT2D eigenvalue weighted by atomic mass is 35.5. The molecule has 1 aromatic rings. The number of carbonyl (C=O) groups excluding carboxylic acids is 1. The van der Waals surface area contributed by atoms with Gasteiger partial charge in [0, 0.05) is 32.2 Å². The third-order valence-corrected chi connectivity index (χ3v) is 5.15. The summed E-state index contributed by atoms with van der Waals surface area (Å²) in [5, 5.41) is 0.605. The van der Waals surface area contributed by atoms with E-state index in [2.05, 4.69) is 6.92 Å². The van der Waals surface area contributed by atoms with Crippen molar-refractivity contribution in [3.63, 3.8) is 0 Å². The first-order valence-electron chi connectivity index (χ1n) is 9.52. The zero-order valence-corrected chi connectivity index (χ0v) is 16.6. The summed E-state index contributed by atoms with van der Waals surface area (Å²) in [7, 11) is 1.86. The van der Waals surface area contributed by atoms with Gasteiger partial charge in [-0.1, -0.05) is 30.7 Å². The molecule has 1 aliphatic rings. The summed E-state index contributed by atoms with van der Waals surface area (Å²) in [4.78, 5) is 14.5. The van der Waals surface area contributed by atoms with E-state index >= 15 is 0 Å². The molecular weight excluding hydrogens is 352 g/mol. The minimum atomic E-state index is -0.00499. The molecule has 2 rings (SSSR count). The van der Waals surface area contributed by atoms with Crippen LogP contribution in [-0.2, 0) is 9.53 Å². The van der Waals surface area contributed by atoms with Crippen LogP contribution >= 0.6 is 11.6 Å². The van der Waals surface area contributed by atoms with Crippen molar-refractivity contribution < 1.29 is 14.3 Å². The number of benzene rings is 1.